The van der Waals surface area contributed by atoms with Gasteiger partial charge in [-0.15, -0.1) is 0 Å². The molecule has 0 aliphatic carbocycles. The van der Waals surface area contributed by atoms with Gasteiger partial charge in [0.05, 0.1) is 11.4 Å². The molecule has 2 aromatic carbocycles. The van der Waals surface area contributed by atoms with Crippen molar-refractivity contribution in [1.82, 2.24) is 0 Å². The maximum absolute atomic E-state index is 12.1. The number of carbonyl (C=O) groups is 2. The summed E-state index contributed by atoms with van der Waals surface area (Å²) in [7, 11) is -3.30. The molecule has 0 aromatic heterocycles. The fraction of sp³-hybridized carbons (Fsp3) is 0.222. The zero-order chi connectivity index (χ0) is 18.7. The molecule has 1 aliphatic rings. The lowest BCUT2D eigenvalue weighted by molar-refractivity contribution is -0.132. The molecule has 7 nitrogen and oxygen atoms in total. The highest BCUT2D eigenvalue weighted by molar-refractivity contribution is 7.93. The minimum Gasteiger partial charge on any atom is -0.318 e. The number of nitrogens with zero attached hydrogens (tertiary/aromatic N) is 1. The monoisotopic (exact) mass is 373 g/mol. The van der Waals surface area contributed by atoms with E-state index in [-0.39, 0.29) is 5.75 Å². The predicted octanol–water partition coefficient (Wildman–Crippen LogP) is 2.11. The van der Waals surface area contributed by atoms with Crippen molar-refractivity contribution in [3.05, 3.63) is 54.1 Å². The molecule has 3 rings (SSSR count). The Labute approximate surface area is 152 Å². The highest BCUT2D eigenvalue weighted by Crippen LogP contribution is 2.26. The van der Waals surface area contributed by atoms with E-state index in [4.69, 9.17) is 0 Å². The summed E-state index contributed by atoms with van der Waals surface area (Å²) in [5.41, 5.74) is 2.39. The Kier molecular flexibility index (Phi) is 4.94. The second-order valence-corrected chi connectivity index (χ2v) is 8.08. The van der Waals surface area contributed by atoms with Gasteiger partial charge >= 0.3 is 11.8 Å². The molecule has 1 fully saturated rings. The zero-order valence-electron chi connectivity index (χ0n) is 14.2. The average molecular weight is 373 g/mol. The van der Waals surface area contributed by atoms with E-state index in [1.165, 1.54) is 4.31 Å². The summed E-state index contributed by atoms with van der Waals surface area (Å²) in [6, 6.07) is 13.5. The summed E-state index contributed by atoms with van der Waals surface area (Å²) in [6.45, 7) is 2.33. The van der Waals surface area contributed by atoms with Crippen LogP contribution >= 0.6 is 0 Å². The highest BCUT2D eigenvalue weighted by atomic mass is 32.2. The van der Waals surface area contributed by atoms with Gasteiger partial charge in [-0.3, -0.25) is 13.9 Å². The van der Waals surface area contributed by atoms with E-state index in [1.807, 2.05) is 19.1 Å². The van der Waals surface area contributed by atoms with Crippen molar-refractivity contribution < 1.29 is 18.0 Å². The fourth-order valence-corrected chi connectivity index (χ4v) is 4.24. The van der Waals surface area contributed by atoms with Crippen LogP contribution in [0.3, 0.4) is 0 Å². The van der Waals surface area contributed by atoms with E-state index in [0.717, 1.165) is 5.56 Å². The molecule has 0 spiro atoms. The average Bonchev–Trinajstić information content (AvgIpc) is 2.96. The first kappa shape index (κ1) is 17.9. The standard InChI is InChI=1S/C18H19N3O4S/c1-13-6-8-14(9-7-13)19-17(22)18(23)20-15-4-2-5-16(12-15)21-10-3-11-26(21,24)25/h2,4-9,12H,3,10-11H2,1H3,(H,19,22)(H,20,23). The Morgan fingerprint density at radius 2 is 1.62 bits per heavy atom. The molecular formula is C18H19N3O4S. The van der Waals surface area contributed by atoms with E-state index in [0.29, 0.717) is 30.0 Å². The lowest BCUT2D eigenvalue weighted by Crippen LogP contribution is -2.29. The number of aryl methyl sites for hydroxylation is 1. The molecule has 0 atom stereocenters. The summed E-state index contributed by atoms with van der Waals surface area (Å²) >= 11 is 0. The smallest absolute Gasteiger partial charge is 0.314 e. The molecule has 136 valence electrons. The largest absolute Gasteiger partial charge is 0.318 e. The lowest BCUT2D eigenvalue weighted by atomic mass is 10.2. The Morgan fingerprint density at radius 3 is 2.23 bits per heavy atom. The second-order valence-electron chi connectivity index (χ2n) is 6.07. The van der Waals surface area contributed by atoms with Gasteiger partial charge in [-0.1, -0.05) is 23.8 Å². The summed E-state index contributed by atoms with van der Waals surface area (Å²) in [4.78, 5) is 24.1. The molecule has 0 radical (unpaired) electrons. The van der Waals surface area contributed by atoms with Crippen molar-refractivity contribution in [2.75, 3.05) is 27.2 Å². The normalized spacial score (nSPS) is 15.5. The van der Waals surface area contributed by atoms with Crippen LogP contribution in [-0.4, -0.2) is 32.5 Å². The van der Waals surface area contributed by atoms with Crippen molar-refractivity contribution in [3.63, 3.8) is 0 Å². The molecule has 2 aromatic rings. The number of carbonyl (C=O) groups excluding carboxylic acids is 2. The third-order valence-corrected chi connectivity index (χ3v) is 5.88. The van der Waals surface area contributed by atoms with Crippen molar-refractivity contribution in [2.24, 2.45) is 0 Å². The molecular weight excluding hydrogens is 354 g/mol. The molecule has 8 heteroatoms. The number of rotatable bonds is 3. The van der Waals surface area contributed by atoms with Crippen LogP contribution < -0.4 is 14.9 Å². The van der Waals surface area contributed by atoms with E-state index in [9.17, 15) is 18.0 Å². The van der Waals surface area contributed by atoms with Crippen LogP contribution in [0.2, 0.25) is 0 Å². The van der Waals surface area contributed by atoms with E-state index >= 15 is 0 Å². The molecule has 26 heavy (non-hydrogen) atoms. The quantitative estimate of drug-likeness (QED) is 0.806. The Bertz CT molecular complexity index is 939. The summed E-state index contributed by atoms with van der Waals surface area (Å²) in [5, 5.41) is 5.01. The van der Waals surface area contributed by atoms with E-state index in [2.05, 4.69) is 10.6 Å². The predicted molar refractivity (Wildman–Crippen MR) is 101 cm³/mol. The number of amides is 2. The first-order chi connectivity index (χ1) is 12.3. The van der Waals surface area contributed by atoms with Gasteiger partial charge in [-0.25, -0.2) is 8.42 Å². The zero-order valence-corrected chi connectivity index (χ0v) is 15.0. The molecule has 0 saturated carbocycles. The maximum Gasteiger partial charge on any atom is 0.314 e. The Balaban J connectivity index is 1.68. The van der Waals surface area contributed by atoms with Gasteiger partial charge in [-0.05, 0) is 43.7 Å². The molecule has 1 saturated heterocycles. The number of benzene rings is 2. The number of hydrogen-bond donors (Lipinski definition) is 2. The van der Waals surface area contributed by atoms with Crippen LogP contribution in [0.1, 0.15) is 12.0 Å². The van der Waals surface area contributed by atoms with Crippen molar-refractivity contribution in [1.29, 1.82) is 0 Å². The number of nitrogens with one attached hydrogen (secondary N) is 2. The van der Waals surface area contributed by atoms with Gasteiger partial charge in [-0.2, -0.15) is 0 Å². The van der Waals surface area contributed by atoms with E-state index < -0.39 is 21.8 Å². The summed E-state index contributed by atoms with van der Waals surface area (Å²) in [5.74, 6) is -1.51. The number of sulfonamides is 1. The third-order valence-electron chi connectivity index (χ3n) is 4.01. The van der Waals surface area contributed by atoms with Crippen LogP contribution in [0, 0.1) is 6.92 Å². The van der Waals surface area contributed by atoms with Crippen molar-refractivity contribution in [2.45, 2.75) is 13.3 Å². The van der Waals surface area contributed by atoms with Gasteiger partial charge in [0.15, 0.2) is 0 Å². The first-order valence-corrected chi connectivity index (χ1v) is 9.75. The Morgan fingerprint density at radius 1 is 0.962 bits per heavy atom. The van der Waals surface area contributed by atoms with Crippen LogP contribution in [0.15, 0.2) is 48.5 Å². The maximum atomic E-state index is 12.1. The molecule has 2 N–H and O–H groups in total. The lowest BCUT2D eigenvalue weighted by Gasteiger charge is -2.17. The third kappa shape index (κ3) is 4.02. The van der Waals surface area contributed by atoms with Crippen molar-refractivity contribution in [3.8, 4) is 0 Å². The number of hydrogen-bond acceptors (Lipinski definition) is 4. The highest BCUT2D eigenvalue weighted by Gasteiger charge is 2.28. The SMILES string of the molecule is Cc1ccc(NC(=O)C(=O)Nc2cccc(N3CCCS3(=O)=O)c2)cc1. The molecule has 0 bridgehead atoms. The first-order valence-electron chi connectivity index (χ1n) is 8.15. The van der Waals surface area contributed by atoms with Crippen LogP contribution in [0.25, 0.3) is 0 Å². The van der Waals surface area contributed by atoms with Crippen LogP contribution in [0.5, 0.6) is 0 Å². The molecule has 2 amide bonds. The second kappa shape index (κ2) is 7.17. The minimum atomic E-state index is -3.30. The van der Waals surface area contributed by atoms with E-state index in [1.54, 1.807) is 36.4 Å². The van der Waals surface area contributed by atoms with Gasteiger partial charge in [0.25, 0.3) is 0 Å². The van der Waals surface area contributed by atoms with Gasteiger partial charge in [0, 0.05) is 17.9 Å². The minimum absolute atomic E-state index is 0.114. The van der Waals surface area contributed by atoms with Crippen LogP contribution in [0.4, 0.5) is 17.1 Å². The van der Waals surface area contributed by atoms with Crippen molar-refractivity contribution >= 4 is 38.9 Å². The Hall–Kier alpha value is -2.87. The molecule has 1 aliphatic heterocycles. The summed E-state index contributed by atoms with van der Waals surface area (Å²) < 4.78 is 25.3. The van der Waals surface area contributed by atoms with Gasteiger partial charge < -0.3 is 10.6 Å². The molecule has 1 heterocycles. The number of anilines is 3. The van der Waals surface area contributed by atoms with Gasteiger partial charge in [0.2, 0.25) is 10.0 Å². The van der Waals surface area contributed by atoms with Gasteiger partial charge in [0.1, 0.15) is 0 Å². The molecule has 0 unspecified atom stereocenters. The summed E-state index contributed by atoms with van der Waals surface area (Å²) in [6.07, 6.45) is 0.567. The topological polar surface area (TPSA) is 95.6 Å². The van der Waals surface area contributed by atoms with Crippen LogP contribution in [-0.2, 0) is 19.6 Å². The fourth-order valence-electron chi connectivity index (χ4n) is 2.68.